The van der Waals surface area contributed by atoms with Gasteiger partial charge in [-0.3, -0.25) is 14.2 Å². The van der Waals surface area contributed by atoms with Crippen LogP contribution in [-0.4, -0.2) is 36.4 Å². The number of ether oxygens (including phenoxy) is 1. The minimum absolute atomic E-state index is 0.0235. The van der Waals surface area contributed by atoms with Crippen molar-refractivity contribution in [2.24, 2.45) is 4.99 Å². The van der Waals surface area contributed by atoms with Crippen LogP contribution in [0.15, 0.2) is 63.1 Å². The number of amides is 1. The van der Waals surface area contributed by atoms with Gasteiger partial charge in [0.2, 0.25) is 6.08 Å². The van der Waals surface area contributed by atoms with Crippen LogP contribution in [0, 0.1) is 0 Å². The van der Waals surface area contributed by atoms with Gasteiger partial charge in [-0.15, -0.1) is 11.3 Å². The molecule has 188 valence electrons. The predicted octanol–water partition coefficient (Wildman–Crippen LogP) is 4.94. The molecule has 9 heteroatoms. The predicted molar refractivity (Wildman–Crippen MR) is 147 cm³/mol. The van der Waals surface area contributed by atoms with E-state index in [0.717, 1.165) is 55.8 Å². The van der Waals surface area contributed by atoms with Gasteiger partial charge in [-0.05, 0) is 47.9 Å². The molecule has 1 N–H and O–H groups in total. The number of pyridine rings is 1. The van der Waals surface area contributed by atoms with E-state index in [0.29, 0.717) is 29.2 Å². The first-order valence-electron chi connectivity index (χ1n) is 12.3. The molecule has 0 aliphatic carbocycles. The second-order valence-electron chi connectivity index (χ2n) is 8.83. The van der Waals surface area contributed by atoms with Crippen molar-refractivity contribution >= 4 is 65.2 Å². The number of hydrogen-bond acceptors (Lipinski definition) is 7. The highest BCUT2D eigenvalue weighted by molar-refractivity contribution is 7.25. The van der Waals surface area contributed by atoms with E-state index in [1.54, 1.807) is 23.5 Å². The number of aliphatic imine (C=N–C) groups is 1. The third kappa shape index (κ3) is 4.83. The van der Waals surface area contributed by atoms with E-state index in [2.05, 4.69) is 22.4 Å². The summed E-state index contributed by atoms with van der Waals surface area (Å²) in [6.45, 7) is 0.814. The van der Waals surface area contributed by atoms with Crippen LogP contribution in [0.5, 0.6) is 0 Å². The van der Waals surface area contributed by atoms with Crippen molar-refractivity contribution in [2.45, 2.75) is 32.2 Å². The molecule has 0 atom stereocenters. The van der Waals surface area contributed by atoms with Crippen molar-refractivity contribution in [3.05, 3.63) is 69.2 Å². The van der Waals surface area contributed by atoms with Crippen molar-refractivity contribution in [3.63, 3.8) is 0 Å². The average molecular weight is 516 g/mol. The van der Waals surface area contributed by atoms with Gasteiger partial charge in [0, 0.05) is 37.5 Å². The largest absolute Gasteiger partial charge is 0.448 e. The average Bonchev–Trinajstić information content (AvgIpc) is 2.91. The number of nitrogens with zero attached hydrogens (tertiary/aromatic N) is 2. The van der Waals surface area contributed by atoms with Crippen molar-refractivity contribution < 1.29 is 14.3 Å². The highest BCUT2D eigenvalue weighted by Crippen LogP contribution is 2.39. The Morgan fingerprint density at radius 2 is 1.59 bits per heavy atom. The van der Waals surface area contributed by atoms with E-state index in [1.165, 1.54) is 6.08 Å². The van der Waals surface area contributed by atoms with E-state index in [4.69, 9.17) is 4.74 Å². The lowest BCUT2D eigenvalue weighted by molar-refractivity contribution is 0.141. The highest BCUT2D eigenvalue weighted by Gasteiger charge is 2.18. The zero-order chi connectivity index (χ0) is 25.8. The summed E-state index contributed by atoms with van der Waals surface area (Å²) in [4.78, 5) is 52.2. The van der Waals surface area contributed by atoms with Crippen molar-refractivity contribution in [1.82, 2.24) is 9.88 Å². The fourth-order valence-electron chi connectivity index (χ4n) is 4.80. The van der Waals surface area contributed by atoms with Gasteiger partial charge < -0.3 is 10.1 Å². The third-order valence-corrected chi connectivity index (χ3v) is 7.69. The Labute approximate surface area is 215 Å². The van der Waals surface area contributed by atoms with Gasteiger partial charge in [-0.1, -0.05) is 37.1 Å². The van der Waals surface area contributed by atoms with Gasteiger partial charge in [-0.25, -0.2) is 14.6 Å². The Morgan fingerprint density at radius 3 is 2.41 bits per heavy atom. The van der Waals surface area contributed by atoms with Gasteiger partial charge in [0.05, 0.1) is 13.1 Å². The van der Waals surface area contributed by atoms with E-state index in [9.17, 15) is 19.2 Å². The Hall–Kier alpha value is -4.07. The molecule has 2 aromatic heterocycles. The molecule has 2 heterocycles. The van der Waals surface area contributed by atoms with Crippen LogP contribution in [0.3, 0.4) is 0 Å². The maximum absolute atomic E-state index is 13.3. The van der Waals surface area contributed by atoms with E-state index in [1.807, 2.05) is 24.3 Å². The summed E-state index contributed by atoms with van der Waals surface area (Å²) in [5.41, 5.74) is -0.763. The molecule has 0 saturated heterocycles. The van der Waals surface area contributed by atoms with Crippen LogP contribution < -0.4 is 16.4 Å². The lowest BCUT2D eigenvalue weighted by Crippen LogP contribution is -2.35. The molecule has 5 rings (SSSR count). The smallest absolute Gasteiger partial charge is 0.407 e. The second-order valence-corrected chi connectivity index (χ2v) is 9.92. The van der Waals surface area contributed by atoms with Crippen LogP contribution in [-0.2, 0) is 16.1 Å². The summed E-state index contributed by atoms with van der Waals surface area (Å²) >= 11 is 1.64. The number of fused-ring (bicyclic) bond motifs is 2. The summed E-state index contributed by atoms with van der Waals surface area (Å²) in [5, 5.41) is 7.39. The standard InChI is InChI=1S/C28H25N3O5S/c32-17-29-13-5-1-2-6-14-30-28(35)36-16-15-31-26(33)20-10-9-19-18-7-3-4-8-22(18)37-23-12-11-21(27(31)34)24(20)25(19)23/h3-4,7-12H,1-2,5-6,13-16H2,(H,30,35). The first-order valence-corrected chi connectivity index (χ1v) is 13.1. The normalized spacial score (nSPS) is 11.4. The summed E-state index contributed by atoms with van der Waals surface area (Å²) in [6.07, 6.45) is 4.31. The second kappa shape index (κ2) is 10.9. The number of carbonyl (C=O) groups excluding carboxylic acids is 2. The minimum Gasteiger partial charge on any atom is -0.448 e. The number of isocyanates is 1. The molecule has 0 radical (unpaired) electrons. The summed E-state index contributed by atoms with van der Waals surface area (Å²) < 4.78 is 8.53. The number of rotatable bonds is 10. The molecule has 37 heavy (non-hydrogen) atoms. The Kier molecular flexibility index (Phi) is 7.25. The number of unbranched alkanes of at least 4 members (excludes halogenated alkanes) is 3. The Morgan fingerprint density at radius 1 is 0.865 bits per heavy atom. The highest BCUT2D eigenvalue weighted by atomic mass is 32.1. The lowest BCUT2D eigenvalue weighted by Gasteiger charge is -2.14. The van der Waals surface area contributed by atoms with Gasteiger partial charge in [0.15, 0.2) is 0 Å². The third-order valence-electron chi connectivity index (χ3n) is 6.55. The van der Waals surface area contributed by atoms with Crippen LogP contribution in [0.1, 0.15) is 25.7 Å². The molecule has 0 aliphatic rings. The molecule has 5 aromatic rings. The summed E-state index contributed by atoms with van der Waals surface area (Å²) in [6, 6.07) is 15.6. The van der Waals surface area contributed by atoms with Gasteiger partial charge >= 0.3 is 6.09 Å². The molecule has 0 bridgehead atoms. The fraction of sp³-hybridized carbons (Fsp3) is 0.286. The first-order chi connectivity index (χ1) is 18.1. The molecule has 0 fully saturated rings. The molecule has 1 amide bonds. The van der Waals surface area contributed by atoms with Crippen LogP contribution >= 0.6 is 11.3 Å². The van der Waals surface area contributed by atoms with E-state index in [-0.39, 0.29) is 24.3 Å². The first kappa shape index (κ1) is 24.6. The molecule has 0 aliphatic heterocycles. The monoisotopic (exact) mass is 515 g/mol. The molecule has 0 unspecified atom stereocenters. The van der Waals surface area contributed by atoms with Crippen molar-refractivity contribution in [1.29, 1.82) is 0 Å². The van der Waals surface area contributed by atoms with Crippen LogP contribution in [0.4, 0.5) is 4.79 Å². The van der Waals surface area contributed by atoms with E-state index >= 15 is 0 Å². The van der Waals surface area contributed by atoms with Gasteiger partial charge in [-0.2, -0.15) is 0 Å². The topological polar surface area (TPSA) is 107 Å². The number of alkyl carbamates (subject to hydrolysis) is 1. The van der Waals surface area contributed by atoms with E-state index < -0.39 is 6.09 Å². The zero-order valence-corrected chi connectivity index (χ0v) is 20.9. The molecular formula is C28H25N3O5S. The number of hydrogen-bond donors (Lipinski definition) is 1. The molecule has 0 spiro atoms. The lowest BCUT2D eigenvalue weighted by atomic mass is 9.98. The molecular weight excluding hydrogens is 490 g/mol. The van der Waals surface area contributed by atoms with Crippen LogP contribution in [0.25, 0.3) is 41.7 Å². The quantitative estimate of drug-likeness (QED) is 0.0932. The molecule has 8 nitrogen and oxygen atoms in total. The van der Waals surface area contributed by atoms with Crippen LogP contribution in [0.2, 0.25) is 0 Å². The summed E-state index contributed by atoms with van der Waals surface area (Å²) in [5.74, 6) is 0. The Balaban J connectivity index is 1.31. The van der Waals surface area contributed by atoms with Crippen molar-refractivity contribution in [2.75, 3.05) is 19.7 Å². The number of aromatic nitrogens is 1. The molecule has 0 saturated carbocycles. The fourth-order valence-corrected chi connectivity index (χ4v) is 5.92. The maximum Gasteiger partial charge on any atom is 0.407 e. The molecule has 3 aromatic carbocycles. The summed E-state index contributed by atoms with van der Waals surface area (Å²) in [7, 11) is 0. The minimum atomic E-state index is -0.586. The maximum atomic E-state index is 13.3. The Bertz CT molecular complexity index is 1730. The van der Waals surface area contributed by atoms with Gasteiger partial charge in [0.1, 0.15) is 6.61 Å². The number of benzene rings is 3. The SMILES string of the molecule is O=C=NCCCCCCNC(=O)OCCn1c(=O)c2ccc3sc4ccccc4c4ccc(c1=O)c2c34. The van der Waals surface area contributed by atoms with Crippen molar-refractivity contribution in [3.8, 4) is 0 Å². The number of carbonyl (C=O) groups is 1. The number of nitrogens with one attached hydrogen (secondary N) is 1. The van der Waals surface area contributed by atoms with Gasteiger partial charge in [0.25, 0.3) is 11.1 Å². The zero-order valence-electron chi connectivity index (χ0n) is 20.1.